The van der Waals surface area contributed by atoms with Gasteiger partial charge in [0, 0.05) is 0 Å². The summed E-state index contributed by atoms with van der Waals surface area (Å²) in [6.45, 7) is 13.2. The van der Waals surface area contributed by atoms with Crippen LogP contribution in [0.3, 0.4) is 0 Å². The molecule has 28 heavy (non-hydrogen) atoms. The Hall–Kier alpha value is -1.06. The summed E-state index contributed by atoms with van der Waals surface area (Å²) in [6.07, 6.45) is 7.52. The fourth-order valence-corrected chi connectivity index (χ4v) is 5.26. The van der Waals surface area contributed by atoms with Gasteiger partial charge in [0.05, 0.1) is 11.8 Å². The second-order valence-electron chi connectivity index (χ2n) is 11.1. The van der Waals surface area contributed by atoms with Crippen LogP contribution < -0.4 is 0 Å². The largest absolute Gasteiger partial charge is 0.481 e. The molecule has 0 amide bonds. The van der Waals surface area contributed by atoms with Gasteiger partial charge in [0.1, 0.15) is 6.10 Å². The average molecular weight is 395 g/mol. The molecule has 0 saturated heterocycles. The normalized spacial score (nSPS) is 32.8. The highest BCUT2D eigenvalue weighted by atomic mass is 16.5. The predicted octanol–water partition coefficient (Wildman–Crippen LogP) is 5.93. The number of esters is 1. The molecule has 2 saturated carbocycles. The lowest BCUT2D eigenvalue weighted by Crippen LogP contribution is -2.40. The van der Waals surface area contributed by atoms with Crippen LogP contribution in [0.25, 0.3) is 0 Å². The summed E-state index contributed by atoms with van der Waals surface area (Å²) in [5, 5.41) is 9.62. The molecule has 0 aromatic rings. The molecular weight excluding hydrogens is 352 g/mol. The van der Waals surface area contributed by atoms with Crippen LogP contribution in [-0.2, 0) is 14.3 Å². The van der Waals surface area contributed by atoms with Gasteiger partial charge in [-0.05, 0) is 80.5 Å². The van der Waals surface area contributed by atoms with Crippen LogP contribution in [0.1, 0.15) is 92.9 Å². The highest BCUT2D eigenvalue weighted by Crippen LogP contribution is 2.40. The Bertz CT molecular complexity index is 525. The van der Waals surface area contributed by atoms with Crippen molar-refractivity contribution in [2.45, 2.75) is 99.0 Å². The van der Waals surface area contributed by atoms with Crippen molar-refractivity contribution in [1.82, 2.24) is 0 Å². The first-order valence-electron chi connectivity index (χ1n) is 11.4. The lowest BCUT2D eigenvalue weighted by molar-refractivity contribution is -0.168. The zero-order chi connectivity index (χ0) is 21.1. The molecule has 0 heterocycles. The van der Waals surface area contributed by atoms with Gasteiger partial charge in [-0.3, -0.25) is 9.59 Å². The van der Waals surface area contributed by atoms with Crippen LogP contribution >= 0.6 is 0 Å². The summed E-state index contributed by atoms with van der Waals surface area (Å²) >= 11 is 0. The van der Waals surface area contributed by atoms with E-state index in [-0.39, 0.29) is 17.5 Å². The van der Waals surface area contributed by atoms with Gasteiger partial charge in [0.25, 0.3) is 0 Å². The summed E-state index contributed by atoms with van der Waals surface area (Å²) in [4.78, 5) is 24.8. The third kappa shape index (κ3) is 6.49. The molecule has 0 aromatic heterocycles. The lowest BCUT2D eigenvalue weighted by atomic mass is 9.72. The van der Waals surface area contributed by atoms with Crippen molar-refractivity contribution in [2.75, 3.05) is 0 Å². The van der Waals surface area contributed by atoms with E-state index in [0.717, 1.165) is 31.6 Å². The van der Waals surface area contributed by atoms with Gasteiger partial charge in [-0.1, -0.05) is 41.5 Å². The molecular formula is C24H42O4. The smallest absolute Gasteiger partial charge is 0.310 e. The van der Waals surface area contributed by atoms with E-state index in [2.05, 4.69) is 41.5 Å². The Morgan fingerprint density at radius 3 is 2.04 bits per heavy atom. The van der Waals surface area contributed by atoms with Crippen LogP contribution in [0.4, 0.5) is 0 Å². The first kappa shape index (κ1) is 23.2. The minimum Gasteiger partial charge on any atom is -0.481 e. The first-order valence-corrected chi connectivity index (χ1v) is 11.4. The quantitative estimate of drug-likeness (QED) is 0.567. The van der Waals surface area contributed by atoms with E-state index in [1.807, 2.05) is 0 Å². The van der Waals surface area contributed by atoms with Gasteiger partial charge in [-0.25, -0.2) is 0 Å². The maximum atomic E-state index is 13.0. The van der Waals surface area contributed by atoms with Gasteiger partial charge in [-0.2, -0.15) is 0 Å². The third-order valence-corrected chi connectivity index (χ3v) is 7.10. The van der Waals surface area contributed by atoms with E-state index in [1.54, 1.807) is 0 Å². The average Bonchev–Trinajstić information content (AvgIpc) is 2.59. The van der Waals surface area contributed by atoms with Gasteiger partial charge in [0.15, 0.2) is 0 Å². The molecule has 0 aliphatic heterocycles. The summed E-state index contributed by atoms with van der Waals surface area (Å²) in [6, 6.07) is 0. The Balaban J connectivity index is 2.07. The van der Waals surface area contributed by atoms with E-state index >= 15 is 0 Å². The van der Waals surface area contributed by atoms with Crippen LogP contribution in [-0.4, -0.2) is 23.1 Å². The number of hydrogen-bond acceptors (Lipinski definition) is 3. The van der Waals surface area contributed by atoms with Crippen molar-refractivity contribution >= 4 is 11.9 Å². The Kier molecular flexibility index (Phi) is 7.98. The monoisotopic (exact) mass is 394 g/mol. The van der Waals surface area contributed by atoms with E-state index in [0.29, 0.717) is 30.6 Å². The fraction of sp³-hybridized carbons (Fsp3) is 0.917. The zero-order valence-electron chi connectivity index (χ0n) is 18.9. The Morgan fingerprint density at radius 1 is 0.964 bits per heavy atom. The second-order valence-corrected chi connectivity index (χ2v) is 11.1. The number of hydrogen-bond donors (Lipinski definition) is 1. The number of ether oxygens (including phenoxy) is 1. The maximum Gasteiger partial charge on any atom is 0.310 e. The number of carbonyl (C=O) groups is 2. The number of carbonyl (C=O) groups excluding carboxylic acids is 1. The molecule has 4 nitrogen and oxygen atoms in total. The van der Waals surface area contributed by atoms with Crippen molar-refractivity contribution in [3.8, 4) is 0 Å². The van der Waals surface area contributed by atoms with E-state index in [1.165, 1.54) is 12.8 Å². The fourth-order valence-electron chi connectivity index (χ4n) is 5.26. The molecule has 0 spiro atoms. The van der Waals surface area contributed by atoms with Crippen LogP contribution in [0.2, 0.25) is 0 Å². The predicted molar refractivity (Wildman–Crippen MR) is 112 cm³/mol. The molecule has 2 aliphatic rings. The van der Waals surface area contributed by atoms with Crippen LogP contribution in [0.15, 0.2) is 0 Å². The lowest BCUT2D eigenvalue weighted by Gasteiger charge is -2.39. The molecule has 4 unspecified atom stereocenters. The third-order valence-electron chi connectivity index (χ3n) is 7.10. The number of carboxylic acid groups (broad SMARTS) is 1. The van der Waals surface area contributed by atoms with E-state index in [9.17, 15) is 14.7 Å². The SMILES string of the molecule is CC1CCC(C(=O)OC(CC(C)(C)C)C2CCC(C(C)C)CC2)C(C(=O)O)C1. The van der Waals surface area contributed by atoms with Crippen LogP contribution in [0.5, 0.6) is 0 Å². The Labute approximate surface area is 171 Å². The van der Waals surface area contributed by atoms with Crippen molar-refractivity contribution in [2.24, 2.45) is 40.9 Å². The van der Waals surface area contributed by atoms with Crippen molar-refractivity contribution in [3.05, 3.63) is 0 Å². The van der Waals surface area contributed by atoms with E-state index in [4.69, 9.17) is 4.74 Å². The summed E-state index contributed by atoms with van der Waals surface area (Å²) < 4.78 is 6.11. The molecule has 4 atom stereocenters. The molecule has 2 fully saturated rings. The maximum absolute atomic E-state index is 13.0. The Morgan fingerprint density at radius 2 is 1.54 bits per heavy atom. The highest BCUT2D eigenvalue weighted by Gasteiger charge is 2.41. The van der Waals surface area contributed by atoms with Gasteiger partial charge in [0.2, 0.25) is 0 Å². The van der Waals surface area contributed by atoms with Gasteiger partial charge >= 0.3 is 11.9 Å². The topological polar surface area (TPSA) is 63.6 Å². The van der Waals surface area contributed by atoms with E-state index < -0.39 is 17.8 Å². The number of rotatable bonds is 6. The summed E-state index contributed by atoms with van der Waals surface area (Å²) in [7, 11) is 0. The van der Waals surface area contributed by atoms with Crippen LogP contribution in [0, 0.1) is 40.9 Å². The summed E-state index contributed by atoms with van der Waals surface area (Å²) in [5.41, 5.74) is 0.0765. The highest BCUT2D eigenvalue weighted by molar-refractivity contribution is 5.81. The first-order chi connectivity index (χ1) is 13.0. The molecule has 2 aliphatic carbocycles. The standard InChI is InChI=1S/C24H42O4/c1-15(2)17-8-10-18(11-9-17)21(14-24(4,5)6)28-23(27)19-12-7-16(3)13-20(19)22(25)26/h15-21H,7-14H2,1-6H3,(H,25,26). The zero-order valence-corrected chi connectivity index (χ0v) is 18.9. The molecule has 2 rings (SSSR count). The molecule has 4 heteroatoms. The summed E-state index contributed by atoms with van der Waals surface area (Å²) in [5.74, 6) is 0.0682. The minimum absolute atomic E-state index is 0.0765. The van der Waals surface area contributed by atoms with Gasteiger partial charge < -0.3 is 9.84 Å². The van der Waals surface area contributed by atoms with Crippen molar-refractivity contribution < 1.29 is 19.4 Å². The molecule has 1 N–H and O–H groups in total. The number of carboxylic acids is 1. The molecule has 0 bridgehead atoms. The van der Waals surface area contributed by atoms with Gasteiger partial charge in [-0.15, -0.1) is 0 Å². The van der Waals surface area contributed by atoms with Crippen molar-refractivity contribution in [3.63, 3.8) is 0 Å². The minimum atomic E-state index is -0.849. The molecule has 0 radical (unpaired) electrons. The second kappa shape index (κ2) is 9.63. The number of aliphatic carboxylic acids is 1. The molecule has 0 aromatic carbocycles. The van der Waals surface area contributed by atoms with Crippen molar-refractivity contribution in [1.29, 1.82) is 0 Å². The molecule has 162 valence electrons.